The van der Waals surface area contributed by atoms with Gasteiger partial charge in [0.2, 0.25) is 0 Å². The fraction of sp³-hybridized carbons (Fsp3) is 0.231. The molecule has 0 unspecified atom stereocenters. The molecule has 0 saturated heterocycles. The van der Waals surface area contributed by atoms with Crippen LogP contribution in [0.5, 0.6) is 5.75 Å². The average Bonchev–Trinajstić information content (AvgIpc) is 2.81. The third-order valence-electron chi connectivity index (χ3n) is 5.03. The van der Waals surface area contributed by atoms with Gasteiger partial charge in [-0.2, -0.15) is 0 Å². The van der Waals surface area contributed by atoms with Crippen molar-refractivity contribution < 1.29 is 19.5 Å². The topological polar surface area (TPSA) is 80.2 Å². The first-order valence-electron chi connectivity index (χ1n) is 10.5. The lowest BCUT2D eigenvalue weighted by Crippen LogP contribution is -2.14. The van der Waals surface area contributed by atoms with Crippen LogP contribution in [0.4, 0.5) is 5.69 Å². The van der Waals surface area contributed by atoms with Crippen molar-refractivity contribution >= 4 is 17.4 Å². The summed E-state index contributed by atoms with van der Waals surface area (Å²) in [7, 11) is 1.53. The Morgan fingerprint density at radius 1 is 0.969 bits per heavy atom. The molecule has 3 rings (SSSR count). The van der Waals surface area contributed by atoms with E-state index in [0.717, 1.165) is 39.4 Å². The van der Waals surface area contributed by atoms with Crippen LogP contribution in [0.3, 0.4) is 0 Å². The summed E-state index contributed by atoms with van der Waals surface area (Å²) in [4.78, 5) is 15.7. The first kappa shape index (κ1) is 22.9. The van der Waals surface area contributed by atoms with E-state index in [1.54, 1.807) is 0 Å². The van der Waals surface area contributed by atoms with E-state index in [1.807, 2.05) is 79.7 Å². The van der Waals surface area contributed by atoms with Crippen LogP contribution in [0.15, 0.2) is 78.0 Å². The fourth-order valence-electron chi connectivity index (χ4n) is 3.26. The van der Waals surface area contributed by atoms with Gasteiger partial charge in [-0.3, -0.25) is 4.79 Å². The van der Waals surface area contributed by atoms with E-state index in [4.69, 9.17) is 14.7 Å². The Morgan fingerprint density at radius 2 is 1.66 bits per heavy atom. The highest BCUT2D eigenvalue weighted by molar-refractivity contribution is 6.02. The van der Waals surface area contributed by atoms with Crippen molar-refractivity contribution in [2.75, 3.05) is 19.0 Å². The summed E-state index contributed by atoms with van der Waals surface area (Å²) in [6.07, 6.45) is 0.683. The van der Waals surface area contributed by atoms with E-state index in [1.165, 1.54) is 7.11 Å². The second-order valence-corrected chi connectivity index (χ2v) is 7.41. The molecule has 0 aliphatic carbocycles. The number of hydrogen-bond acceptors (Lipinski definition) is 5. The standard InChI is InChI=1S/C26H28N2O4/c1-19-5-3-4-6-24(19)25(28-31-2)18-32-23-14-9-21(10-15-23)17-27-22-12-7-20(8-13-22)11-16-26(29)30/h3-10,12-15,27H,11,16-18H2,1-2H3,(H,29,30)/b28-25+. The molecule has 6 nitrogen and oxygen atoms in total. The van der Waals surface area contributed by atoms with Gasteiger partial charge >= 0.3 is 5.97 Å². The Balaban J connectivity index is 1.52. The Bertz CT molecular complexity index is 1040. The average molecular weight is 433 g/mol. The van der Waals surface area contributed by atoms with Gasteiger partial charge in [-0.05, 0) is 54.3 Å². The lowest BCUT2D eigenvalue weighted by atomic mass is 10.0. The number of carboxylic acid groups (broad SMARTS) is 1. The second kappa shape index (κ2) is 11.6. The van der Waals surface area contributed by atoms with Gasteiger partial charge < -0.3 is 20.0 Å². The van der Waals surface area contributed by atoms with Crippen molar-refractivity contribution in [3.63, 3.8) is 0 Å². The first-order chi connectivity index (χ1) is 15.5. The Hall–Kier alpha value is -3.80. The number of ether oxygens (including phenoxy) is 1. The zero-order chi connectivity index (χ0) is 22.8. The number of aryl methyl sites for hydroxylation is 2. The molecule has 2 N–H and O–H groups in total. The van der Waals surface area contributed by atoms with Crippen molar-refractivity contribution in [1.29, 1.82) is 0 Å². The van der Waals surface area contributed by atoms with E-state index in [-0.39, 0.29) is 6.42 Å². The van der Waals surface area contributed by atoms with Crippen LogP contribution in [0.1, 0.15) is 28.7 Å². The molecule has 0 amide bonds. The Morgan fingerprint density at radius 3 is 2.31 bits per heavy atom. The van der Waals surface area contributed by atoms with E-state index in [9.17, 15) is 4.79 Å². The highest BCUT2D eigenvalue weighted by Crippen LogP contribution is 2.17. The van der Waals surface area contributed by atoms with Crippen LogP contribution in [0.2, 0.25) is 0 Å². The quantitative estimate of drug-likeness (QED) is 0.327. The molecule has 6 heteroatoms. The molecule has 166 valence electrons. The molecule has 3 aromatic carbocycles. The van der Waals surface area contributed by atoms with Crippen molar-refractivity contribution in [2.24, 2.45) is 5.16 Å². The highest BCUT2D eigenvalue weighted by Gasteiger charge is 2.09. The molecule has 0 spiro atoms. The lowest BCUT2D eigenvalue weighted by Gasteiger charge is -2.12. The molecule has 0 radical (unpaired) electrons. The molecule has 0 fully saturated rings. The molecular formula is C26H28N2O4. The van der Waals surface area contributed by atoms with Crippen LogP contribution in [0.25, 0.3) is 0 Å². The number of benzene rings is 3. The van der Waals surface area contributed by atoms with Crippen LogP contribution >= 0.6 is 0 Å². The SMILES string of the molecule is CO/N=C(\COc1ccc(CNc2ccc(CCC(=O)O)cc2)cc1)c1ccccc1C. The summed E-state index contributed by atoms with van der Waals surface area (Å²) >= 11 is 0. The van der Waals surface area contributed by atoms with E-state index in [0.29, 0.717) is 19.6 Å². The molecule has 3 aromatic rings. The van der Waals surface area contributed by atoms with Crippen molar-refractivity contribution in [3.05, 3.63) is 95.1 Å². The Kier molecular flexibility index (Phi) is 8.26. The number of anilines is 1. The Labute approximate surface area is 188 Å². The number of carbonyl (C=O) groups is 1. The number of nitrogens with zero attached hydrogens (tertiary/aromatic N) is 1. The summed E-state index contributed by atoms with van der Waals surface area (Å²) in [6, 6.07) is 23.8. The second-order valence-electron chi connectivity index (χ2n) is 7.41. The first-order valence-corrected chi connectivity index (χ1v) is 10.5. The maximum atomic E-state index is 10.7. The fourth-order valence-corrected chi connectivity index (χ4v) is 3.26. The predicted molar refractivity (Wildman–Crippen MR) is 126 cm³/mol. The van der Waals surface area contributed by atoms with Crippen molar-refractivity contribution in [1.82, 2.24) is 0 Å². The van der Waals surface area contributed by atoms with Crippen LogP contribution in [0, 0.1) is 6.92 Å². The minimum atomic E-state index is -0.781. The maximum Gasteiger partial charge on any atom is 0.303 e. The highest BCUT2D eigenvalue weighted by atomic mass is 16.6. The maximum absolute atomic E-state index is 10.7. The molecule has 0 aliphatic rings. The molecule has 0 bridgehead atoms. The molecule has 0 saturated carbocycles. The smallest absolute Gasteiger partial charge is 0.303 e. The predicted octanol–water partition coefficient (Wildman–Crippen LogP) is 5.05. The van der Waals surface area contributed by atoms with Gasteiger partial charge in [-0.25, -0.2) is 0 Å². The monoisotopic (exact) mass is 432 g/mol. The number of rotatable bonds is 11. The molecule has 0 atom stereocenters. The molecule has 0 aliphatic heterocycles. The number of nitrogens with one attached hydrogen (secondary N) is 1. The summed E-state index contributed by atoms with van der Waals surface area (Å²) < 4.78 is 5.93. The zero-order valence-electron chi connectivity index (χ0n) is 18.4. The molecule has 0 heterocycles. The van der Waals surface area contributed by atoms with Gasteiger partial charge in [-0.1, -0.05) is 53.7 Å². The molecule has 32 heavy (non-hydrogen) atoms. The summed E-state index contributed by atoms with van der Waals surface area (Å²) in [6.45, 7) is 3.02. The van der Waals surface area contributed by atoms with Gasteiger partial charge in [0, 0.05) is 24.2 Å². The number of hydrogen-bond donors (Lipinski definition) is 2. The summed E-state index contributed by atoms with van der Waals surface area (Å²) in [5.41, 5.74) is 5.98. The van der Waals surface area contributed by atoms with Crippen LogP contribution in [-0.4, -0.2) is 30.5 Å². The lowest BCUT2D eigenvalue weighted by molar-refractivity contribution is -0.136. The zero-order valence-corrected chi connectivity index (χ0v) is 18.4. The van der Waals surface area contributed by atoms with Crippen LogP contribution in [-0.2, 0) is 22.6 Å². The number of aliphatic carboxylic acids is 1. The minimum absolute atomic E-state index is 0.144. The van der Waals surface area contributed by atoms with Gasteiger partial charge in [0.15, 0.2) is 0 Å². The van der Waals surface area contributed by atoms with E-state index < -0.39 is 5.97 Å². The summed E-state index contributed by atoms with van der Waals surface area (Å²) in [5.74, 6) is -0.0223. The molecular weight excluding hydrogens is 404 g/mol. The van der Waals surface area contributed by atoms with Gasteiger partial charge in [0.05, 0.1) is 0 Å². The molecule has 0 aromatic heterocycles. The van der Waals surface area contributed by atoms with Gasteiger partial charge in [-0.15, -0.1) is 0 Å². The van der Waals surface area contributed by atoms with Crippen molar-refractivity contribution in [3.8, 4) is 5.75 Å². The van der Waals surface area contributed by atoms with Crippen LogP contribution < -0.4 is 10.1 Å². The summed E-state index contributed by atoms with van der Waals surface area (Å²) in [5, 5.41) is 16.3. The normalized spacial score (nSPS) is 11.1. The number of carboxylic acids is 1. The van der Waals surface area contributed by atoms with Crippen molar-refractivity contribution in [2.45, 2.75) is 26.3 Å². The third-order valence-corrected chi connectivity index (χ3v) is 5.03. The van der Waals surface area contributed by atoms with E-state index in [2.05, 4.69) is 10.5 Å². The minimum Gasteiger partial charge on any atom is -0.487 e. The number of oxime groups is 1. The van der Waals surface area contributed by atoms with Gasteiger partial charge in [0.25, 0.3) is 0 Å². The third kappa shape index (κ3) is 6.87. The largest absolute Gasteiger partial charge is 0.487 e. The van der Waals surface area contributed by atoms with E-state index >= 15 is 0 Å². The van der Waals surface area contributed by atoms with Gasteiger partial charge in [0.1, 0.15) is 25.2 Å².